The van der Waals surface area contributed by atoms with Gasteiger partial charge >= 0.3 is 0 Å². The molecule has 0 saturated carbocycles. The molecule has 0 aliphatic rings. The van der Waals surface area contributed by atoms with Crippen LogP contribution in [0.15, 0.2) is 30.6 Å². The van der Waals surface area contributed by atoms with Gasteiger partial charge in [-0.05, 0) is 24.6 Å². The van der Waals surface area contributed by atoms with Crippen molar-refractivity contribution in [3.05, 3.63) is 47.8 Å². The van der Waals surface area contributed by atoms with Gasteiger partial charge in [0.05, 0.1) is 6.20 Å². The molecule has 0 unspecified atom stereocenters. The van der Waals surface area contributed by atoms with Crippen LogP contribution in [0.5, 0.6) is 0 Å². The average Bonchev–Trinajstić information content (AvgIpc) is 2.78. The number of rotatable bonds is 4. The summed E-state index contributed by atoms with van der Waals surface area (Å²) in [5.41, 5.74) is 0.704. The Labute approximate surface area is 98.1 Å². The number of carbonyl (C=O) groups is 1. The first-order valence-electron chi connectivity index (χ1n) is 5.40. The summed E-state index contributed by atoms with van der Waals surface area (Å²) in [6.45, 7) is 2.68. The highest BCUT2D eigenvalue weighted by molar-refractivity contribution is 6.06. The molecule has 0 spiro atoms. The van der Waals surface area contributed by atoms with Crippen molar-refractivity contribution in [2.45, 2.75) is 19.9 Å². The molecule has 2 rings (SSSR count). The van der Waals surface area contributed by atoms with Gasteiger partial charge in [0.2, 0.25) is 5.78 Å². The topological polar surface area (TPSA) is 47.8 Å². The van der Waals surface area contributed by atoms with Crippen LogP contribution in [-0.2, 0) is 6.54 Å². The first-order valence-corrected chi connectivity index (χ1v) is 5.40. The Morgan fingerprint density at radius 3 is 2.88 bits per heavy atom. The molecule has 0 aromatic carbocycles. The molecule has 88 valence electrons. The summed E-state index contributed by atoms with van der Waals surface area (Å²) in [5.74, 6) is -0.695. The minimum Gasteiger partial charge on any atom is -0.285 e. The summed E-state index contributed by atoms with van der Waals surface area (Å²) < 4.78 is 14.3. The molecule has 0 atom stereocenters. The zero-order valence-corrected chi connectivity index (χ0v) is 9.43. The van der Waals surface area contributed by atoms with Gasteiger partial charge in [-0.1, -0.05) is 6.92 Å². The Kier molecular flexibility index (Phi) is 3.27. The van der Waals surface area contributed by atoms with Crippen LogP contribution in [-0.4, -0.2) is 20.5 Å². The summed E-state index contributed by atoms with van der Waals surface area (Å²) >= 11 is 0. The Hall–Kier alpha value is -2.04. The number of nitrogens with zero attached hydrogens (tertiary/aromatic N) is 3. The van der Waals surface area contributed by atoms with Crippen LogP contribution in [0.1, 0.15) is 29.5 Å². The molecule has 17 heavy (non-hydrogen) atoms. The molecular weight excluding hydrogens is 221 g/mol. The quantitative estimate of drug-likeness (QED) is 0.759. The third-order valence-electron chi connectivity index (χ3n) is 2.34. The minimum absolute atomic E-state index is 0.226. The number of hydrogen-bond donors (Lipinski definition) is 0. The van der Waals surface area contributed by atoms with E-state index in [-0.39, 0.29) is 11.5 Å². The molecule has 0 amide bonds. The maximum Gasteiger partial charge on any atom is 0.229 e. The second-order valence-corrected chi connectivity index (χ2v) is 3.63. The van der Waals surface area contributed by atoms with Crippen molar-refractivity contribution in [2.24, 2.45) is 0 Å². The van der Waals surface area contributed by atoms with Gasteiger partial charge in [0.15, 0.2) is 0 Å². The van der Waals surface area contributed by atoms with E-state index in [2.05, 4.69) is 10.1 Å². The van der Waals surface area contributed by atoms with Crippen LogP contribution < -0.4 is 0 Å². The molecule has 0 radical (unpaired) electrons. The highest BCUT2D eigenvalue weighted by Gasteiger charge is 2.15. The highest BCUT2D eigenvalue weighted by atomic mass is 19.1. The van der Waals surface area contributed by atoms with E-state index in [1.165, 1.54) is 12.1 Å². The number of aryl methyl sites for hydroxylation is 1. The Morgan fingerprint density at radius 2 is 2.24 bits per heavy atom. The third-order valence-corrected chi connectivity index (χ3v) is 2.34. The predicted molar refractivity (Wildman–Crippen MR) is 60.1 cm³/mol. The lowest BCUT2D eigenvalue weighted by Gasteiger charge is -2.04. The second-order valence-electron chi connectivity index (χ2n) is 3.63. The molecule has 4 nitrogen and oxygen atoms in total. The highest BCUT2D eigenvalue weighted by Crippen LogP contribution is 2.08. The van der Waals surface area contributed by atoms with Gasteiger partial charge in [-0.2, -0.15) is 5.10 Å². The smallest absolute Gasteiger partial charge is 0.229 e. The van der Waals surface area contributed by atoms with Gasteiger partial charge in [-0.15, -0.1) is 0 Å². The number of halogens is 1. The van der Waals surface area contributed by atoms with E-state index in [1.807, 2.05) is 6.92 Å². The first-order chi connectivity index (χ1) is 8.22. The van der Waals surface area contributed by atoms with Crippen molar-refractivity contribution in [3.8, 4) is 0 Å². The second kappa shape index (κ2) is 4.86. The van der Waals surface area contributed by atoms with Crippen molar-refractivity contribution in [3.63, 3.8) is 0 Å². The molecule has 0 saturated heterocycles. The molecule has 5 heteroatoms. The van der Waals surface area contributed by atoms with Crippen LogP contribution in [0.4, 0.5) is 4.39 Å². The maximum atomic E-state index is 12.7. The van der Waals surface area contributed by atoms with Crippen molar-refractivity contribution in [2.75, 3.05) is 0 Å². The van der Waals surface area contributed by atoms with Crippen LogP contribution in [0.2, 0.25) is 0 Å². The van der Waals surface area contributed by atoms with Gasteiger partial charge in [0.25, 0.3) is 0 Å². The lowest BCUT2D eigenvalue weighted by molar-refractivity contribution is 0.102. The zero-order valence-electron chi connectivity index (χ0n) is 9.43. The van der Waals surface area contributed by atoms with E-state index in [1.54, 1.807) is 16.9 Å². The molecule has 2 aromatic rings. The standard InChI is InChI=1S/C12H12FN3O/c1-2-7-16-11(5-6-15-16)12(17)10-4-3-9(13)8-14-10/h3-6,8H,2,7H2,1H3. The maximum absolute atomic E-state index is 12.7. The van der Waals surface area contributed by atoms with Crippen molar-refractivity contribution in [1.82, 2.24) is 14.8 Å². The number of aromatic nitrogens is 3. The lowest BCUT2D eigenvalue weighted by Crippen LogP contribution is -2.12. The Bertz CT molecular complexity index is 519. The third kappa shape index (κ3) is 2.38. The van der Waals surface area contributed by atoms with Gasteiger partial charge in [0.1, 0.15) is 17.2 Å². The molecule has 0 aliphatic heterocycles. The van der Waals surface area contributed by atoms with Crippen LogP contribution in [0, 0.1) is 5.82 Å². The van der Waals surface area contributed by atoms with E-state index in [0.717, 1.165) is 12.6 Å². The molecule has 0 fully saturated rings. The minimum atomic E-state index is -0.455. The Balaban J connectivity index is 2.30. The first kappa shape index (κ1) is 11.4. The van der Waals surface area contributed by atoms with Gasteiger partial charge in [-0.3, -0.25) is 9.48 Å². The molecule has 2 aromatic heterocycles. The van der Waals surface area contributed by atoms with Crippen molar-refractivity contribution < 1.29 is 9.18 Å². The fourth-order valence-electron chi connectivity index (χ4n) is 1.56. The van der Waals surface area contributed by atoms with E-state index in [9.17, 15) is 9.18 Å². The average molecular weight is 233 g/mol. The zero-order chi connectivity index (χ0) is 12.3. The molecule has 2 heterocycles. The predicted octanol–water partition coefficient (Wildman–Crippen LogP) is 2.06. The fourth-order valence-corrected chi connectivity index (χ4v) is 1.56. The van der Waals surface area contributed by atoms with Crippen LogP contribution >= 0.6 is 0 Å². The van der Waals surface area contributed by atoms with E-state index in [0.29, 0.717) is 12.2 Å². The lowest BCUT2D eigenvalue weighted by atomic mass is 10.2. The monoisotopic (exact) mass is 233 g/mol. The largest absolute Gasteiger partial charge is 0.285 e. The summed E-state index contributed by atoms with van der Waals surface area (Å²) in [6, 6.07) is 4.24. The van der Waals surface area contributed by atoms with Gasteiger partial charge in [0, 0.05) is 12.7 Å². The summed E-state index contributed by atoms with van der Waals surface area (Å²) in [6.07, 6.45) is 3.50. The molecule has 0 bridgehead atoms. The summed E-state index contributed by atoms with van der Waals surface area (Å²) in [4.78, 5) is 15.8. The molecule has 0 N–H and O–H groups in total. The number of ketones is 1. The fraction of sp³-hybridized carbons (Fsp3) is 0.250. The normalized spacial score (nSPS) is 10.5. The SMILES string of the molecule is CCCn1nccc1C(=O)c1ccc(F)cn1. The van der Waals surface area contributed by atoms with Crippen LogP contribution in [0.3, 0.4) is 0 Å². The van der Waals surface area contributed by atoms with Gasteiger partial charge in [-0.25, -0.2) is 9.37 Å². The molecule has 0 aliphatic carbocycles. The van der Waals surface area contributed by atoms with Crippen LogP contribution in [0.25, 0.3) is 0 Å². The summed E-state index contributed by atoms with van der Waals surface area (Å²) in [5, 5.41) is 4.06. The van der Waals surface area contributed by atoms with Crippen molar-refractivity contribution >= 4 is 5.78 Å². The van der Waals surface area contributed by atoms with E-state index >= 15 is 0 Å². The number of hydrogen-bond acceptors (Lipinski definition) is 3. The summed E-state index contributed by atoms with van der Waals surface area (Å²) in [7, 11) is 0. The van der Waals surface area contributed by atoms with Gasteiger partial charge < -0.3 is 0 Å². The molecular formula is C12H12FN3O. The number of carbonyl (C=O) groups excluding carboxylic acids is 1. The van der Waals surface area contributed by atoms with Crippen molar-refractivity contribution in [1.29, 1.82) is 0 Å². The van der Waals surface area contributed by atoms with E-state index in [4.69, 9.17) is 0 Å². The van der Waals surface area contributed by atoms with E-state index < -0.39 is 5.82 Å². The number of pyridine rings is 1. The Morgan fingerprint density at radius 1 is 1.41 bits per heavy atom.